The number of rotatable bonds is 1. The van der Waals surface area contributed by atoms with Crippen LogP contribution in [0.25, 0.3) is 0 Å². The van der Waals surface area contributed by atoms with Gasteiger partial charge in [-0.1, -0.05) is 0 Å². The number of piperazine rings is 1. The third-order valence-electron chi connectivity index (χ3n) is 3.43. The van der Waals surface area contributed by atoms with Gasteiger partial charge in [0.05, 0.1) is 5.69 Å². The maximum absolute atomic E-state index is 5.98. The van der Waals surface area contributed by atoms with Gasteiger partial charge in [0.25, 0.3) is 0 Å². The van der Waals surface area contributed by atoms with E-state index in [1.54, 1.807) is 0 Å². The molecule has 0 aliphatic carbocycles. The maximum atomic E-state index is 5.98. The van der Waals surface area contributed by atoms with Crippen molar-refractivity contribution in [2.75, 3.05) is 37.7 Å². The zero-order valence-electron chi connectivity index (χ0n) is 11.0. The van der Waals surface area contributed by atoms with Gasteiger partial charge in [-0.15, -0.1) is 0 Å². The lowest BCUT2D eigenvalue weighted by atomic mass is 10.1. The van der Waals surface area contributed by atoms with Gasteiger partial charge in [-0.25, -0.2) is 0 Å². The van der Waals surface area contributed by atoms with Crippen molar-refractivity contribution in [1.82, 2.24) is 5.32 Å². The number of hydrogen-bond acceptors (Lipinski definition) is 4. The molecule has 0 bridgehead atoms. The van der Waals surface area contributed by atoms with Crippen molar-refractivity contribution in [1.29, 1.82) is 0 Å². The quantitative estimate of drug-likeness (QED) is 0.818. The molecule has 1 aromatic carbocycles. The van der Waals surface area contributed by atoms with Crippen molar-refractivity contribution in [3.63, 3.8) is 0 Å². The molecule has 18 heavy (non-hydrogen) atoms. The van der Waals surface area contributed by atoms with Gasteiger partial charge < -0.3 is 19.7 Å². The van der Waals surface area contributed by atoms with Crippen molar-refractivity contribution in [3.05, 3.63) is 17.7 Å². The Morgan fingerprint density at radius 2 is 2.06 bits per heavy atom. The molecule has 0 saturated carbocycles. The third kappa shape index (κ3) is 2.12. The minimum absolute atomic E-state index is 0.127. The van der Waals surface area contributed by atoms with Crippen LogP contribution in [0.3, 0.4) is 0 Å². The molecule has 3 rings (SSSR count). The van der Waals surface area contributed by atoms with Crippen LogP contribution >= 0.6 is 0 Å². The van der Waals surface area contributed by atoms with Crippen LogP contribution in [0.2, 0.25) is 0 Å². The molecule has 98 valence electrons. The number of nitrogens with zero attached hydrogens (tertiary/aromatic N) is 1. The normalized spacial score (nSPS) is 23.0. The van der Waals surface area contributed by atoms with Gasteiger partial charge in [-0.3, -0.25) is 0 Å². The summed E-state index contributed by atoms with van der Waals surface area (Å²) in [4.78, 5) is 2.38. The topological polar surface area (TPSA) is 33.7 Å². The molecule has 0 spiro atoms. The van der Waals surface area contributed by atoms with Gasteiger partial charge in [-0.2, -0.15) is 0 Å². The first kappa shape index (κ1) is 11.7. The summed E-state index contributed by atoms with van der Waals surface area (Å²) in [5.41, 5.74) is 2.40. The van der Waals surface area contributed by atoms with E-state index in [0.29, 0.717) is 6.61 Å². The smallest absolute Gasteiger partial charge is 0.185 e. The average Bonchev–Trinajstić information content (AvgIpc) is 2.39. The Balaban J connectivity index is 1.99. The van der Waals surface area contributed by atoms with Crippen molar-refractivity contribution in [2.45, 2.75) is 20.0 Å². The summed E-state index contributed by atoms with van der Waals surface area (Å²) in [5.74, 6) is 1.81. The SMILES string of the molecule is Cc1cc2c(c(N3CCNCC3)c1)OC(C)CO2. The minimum Gasteiger partial charge on any atom is -0.486 e. The fourth-order valence-electron chi connectivity index (χ4n) is 2.53. The van der Waals surface area contributed by atoms with Crippen molar-refractivity contribution >= 4 is 5.69 Å². The van der Waals surface area contributed by atoms with Gasteiger partial charge in [-0.05, 0) is 31.5 Å². The lowest BCUT2D eigenvalue weighted by Crippen LogP contribution is -2.44. The van der Waals surface area contributed by atoms with Gasteiger partial charge in [0, 0.05) is 26.2 Å². The first-order chi connectivity index (χ1) is 8.74. The molecule has 4 heteroatoms. The van der Waals surface area contributed by atoms with Crippen LogP contribution in [0, 0.1) is 6.92 Å². The summed E-state index contributed by atoms with van der Waals surface area (Å²) in [6, 6.07) is 4.26. The van der Waals surface area contributed by atoms with E-state index < -0.39 is 0 Å². The zero-order valence-corrected chi connectivity index (χ0v) is 11.0. The van der Waals surface area contributed by atoms with Crippen molar-refractivity contribution in [3.8, 4) is 11.5 Å². The van der Waals surface area contributed by atoms with Crippen LogP contribution < -0.4 is 19.7 Å². The average molecular weight is 248 g/mol. The Hall–Kier alpha value is -1.42. The van der Waals surface area contributed by atoms with Crippen LogP contribution in [0.15, 0.2) is 12.1 Å². The number of fused-ring (bicyclic) bond motifs is 1. The largest absolute Gasteiger partial charge is 0.486 e. The van der Waals surface area contributed by atoms with E-state index in [9.17, 15) is 0 Å². The number of hydrogen-bond donors (Lipinski definition) is 1. The molecule has 2 aliphatic heterocycles. The highest BCUT2D eigenvalue weighted by Gasteiger charge is 2.24. The highest BCUT2D eigenvalue weighted by atomic mass is 16.6. The predicted octanol–water partition coefficient (Wildman–Crippen LogP) is 1.56. The molecule has 0 amide bonds. The molecule has 1 unspecified atom stereocenters. The van der Waals surface area contributed by atoms with Gasteiger partial charge in [0.15, 0.2) is 11.5 Å². The summed E-state index contributed by atoms with van der Waals surface area (Å²) in [5, 5.41) is 3.37. The summed E-state index contributed by atoms with van der Waals surface area (Å²) >= 11 is 0. The number of aryl methyl sites for hydroxylation is 1. The summed E-state index contributed by atoms with van der Waals surface area (Å²) < 4.78 is 11.8. The fraction of sp³-hybridized carbons (Fsp3) is 0.571. The molecule has 4 nitrogen and oxygen atoms in total. The van der Waals surface area contributed by atoms with Gasteiger partial charge in [0.1, 0.15) is 12.7 Å². The summed E-state index contributed by atoms with van der Waals surface area (Å²) in [6.07, 6.45) is 0.127. The molecule has 1 saturated heterocycles. The lowest BCUT2D eigenvalue weighted by Gasteiger charge is -2.34. The van der Waals surface area contributed by atoms with Gasteiger partial charge in [0.2, 0.25) is 0 Å². The number of nitrogens with one attached hydrogen (secondary N) is 1. The zero-order chi connectivity index (χ0) is 12.5. The molecule has 1 atom stereocenters. The monoisotopic (exact) mass is 248 g/mol. The molecule has 1 aromatic rings. The van der Waals surface area contributed by atoms with Crippen LogP contribution in [0.4, 0.5) is 5.69 Å². The van der Waals surface area contributed by atoms with E-state index in [2.05, 4.69) is 29.3 Å². The van der Waals surface area contributed by atoms with E-state index in [0.717, 1.165) is 37.7 Å². The Bertz CT molecular complexity index is 442. The van der Waals surface area contributed by atoms with E-state index >= 15 is 0 Å². The van der Waals surface area contributed by atoms with E-state index in [1.807, 2.05) is 6.92 Å². The standard InChI is InChI=1S/C14H20N2O2/c1-10-7-12(16-5-3-15-4-6-16)14-13(8-10)17-9-11(2)18-14/h7-8,11,15H,3-6,9H2,1-2H3. The lowest BCUT2D eigenvalue weighted by molar-refractivity contribution is 0.104. The van der Waals surface area contributed by atoms with E-state index in [4.69, 9.17) is 9.47 Å². The second-order valence-corrected chi connectivity index (χ2v) is 5.09. The van der Waals surface area contributed by atoms with Crippen molar-refractivity contribution in [2.24, 2.45) is 0 Å². The number of benzene rings is 1. The second kappa shape index (κ2) is 4.69. The number of anilines is 1. The van der Waals surface area contributed by atoms with E-state index in [-0.39, 0.29) is 6.10 Å². The molecular weight excluding hydrogens is 228 g/mol. The number of ether oxygens (including phenoxy) is 2. The van der Waals surface area contributed by atoms with Crippen LogP contribution in [0.5, 0.6) is 11.5 Å². The Kier molecular flexibility index (Phi) is 3.04. The van der Waals surface area contributed by atoms with Crippen LogP contribution in [-0.2, 0) is 0 Å². The van der Waals surface area contributed by atoms with E-state index in [1.165, 1.54) is 11.3 Å². The summed E-state index contributed by atoms with van der Waals surface area (Å²) in [7, 11) is 0. The molecule has 1 N–H and O–H groups in total. The Labute approximate surface area is 108 Å². The van der Waals surface area contributed by atoms with Crippen molar-refractivity contribution < 1.29 is 9.47 Å². The Morgan fingerprint density at radius 1 is 1.28 bits per heavy atom. The maximum Gasteiger partial charge on any atom is 0.185 e. The third-order valence-corrected chi connectivity index (χ3v) is 3.43. The molecule has 2 heterocycles. The first-order valence-corrected chi connectivity index (χ1v) is 6.64. The fourth-order valence-corrected chi connectivity index (χ4v) is 2.53. The molecule has 0 radical (unpaired) electrons. The highest BCUT2D eigenvalue weighted by Crippen LogP contribution is 2.41. The Morgan fingerprint density at radius 3 is 2.83 bits per heavy atom. The van der Waals surface area contributed by atoms with Gasteiger partial charge >= 0.3 is 0 Å². The second-order valence-electron chi connectivity index (χ2n) is 5.09. The van der Waals surface area contributed by atoms with Crippen LogP contribution in [0.1, 0.15) is 12.5 Å². The van der Waals surface area contributed by atoms with Crippen LogP contribution in [-0.4, -0.2) is 38.9 Å². The molecule has 1 fully saturated rings. The molecule has 2 aliphatic rings. The minimum atomic E-state index is 0.127. The molecular formula is C14H20N2O2. The highest BCUT2D eigenvalue weighted by molar-refractivity contribution is 5.67. The first-order valence-electron chi connectivity index (χ1n) is 6.64. The summed E-state index contributed by atoms with van der Waals surface area (Å²) in [6.45, 7) is 8.88. The molecule has 0 aromatic heterocycles. The predicted molar refractivity (Wildman–Crippen MR) is 71.8 cm³/mol.